The lowest BCUT2D eigenvalue weighted by Crippen LogP contribution is -2.51. The van der Waals surface area contributed by atoms with Gasteiger partial charge in [0.25, 0.3) is 0 Å². The number of fused-ring (bicyclic) bond motifs is 7. The summed E-state index contributed by atoms with van der Waals surface area (Å²) in [6, 6.07) is 7.55. The molecule has 37 heavy (non-hydrogen) atoms. The molecular weight excluding hydrogens is 504 g/mol. The fraction of sp³-hybridized carbons (Fsp3) is 0.240. The van der Waals surface area contributed by atoms with Crippen LogP contribution < -0.4 is 5.32 Å². The van der Waals surface area contributed by atoms with Crippen molar-refractivity contribution in [1.29, 1.82) is 0 Å². The van der Waals surface area contributed by atoms with E-state index in [2.05, 4.69) is 15.3 Å². The zero-order valence-corrected chi connectivity index (χ0v) is 18.5. The van der Waals surface area contributed by atoms with Gasteiger partial charge in [-0.15, -0.1) is 0 Å². The number of benzene rings is 2. The summed E-state index contributed by atoms with van der Waals surface area (Å²) < 4.78 is 87.5. The molecule has 2 aliphatic heterocycles. The van der Waals surface area contributed by atoms with Gasteiger partial charge >= 0.3 is 18.3 Å². The number of alkyl halides is 6. The lowest BCUT2D eigenvalue weighted by atomic mass is 9.71. The van der Waals surface area contributed by atoms with Crippen LogP contribution >= 0.6 is 0 Å². The Morgan fingerprint density at radius 2 is 1.49 bits per heavy atom. The molecule has 2 aromatic carbocycles. The zero-order valence-electron chi connectivity index (χ0n) is 18.5. The topological polar surface area (TPSA) is 84.3 Å². The third-order valence-electron chi connectivity index (χ3n) is 6.83. The molecule has 0 saturated carbocycles. The number of cyclic esters (lactones) is 1. The third kappa shape index (κ3) is 3.50. The minimum atomic E-state index is -5.10. The quantitative estimate of drug-likeness (QED) is 0.203. The largest absolute Gasteiger partial charge is 0.460 e. The van der Waals surface area contributed by atoms with Crippen molar-refractivity contribution in [2.24, 2.45) is 5.92 Å². The molecule has 12 heteroatoms. The summed E-state index contributed by atoms with van der Waals surface area (Å²) in [5, 5.41) is 15.1. The van der Waals surface area contributed by atoms with Crippen LogP contribution in [-0.2, 0) is 21.9 Å². The number of nitrogens with zero attached hydrogens (tertiary/aromatic N) is 2. The fourth-order valence-electron chi connectivity index (χ4n) is 5.33. The Kier molecular flexibility index (Phi) is 4.78. The van der Waals surface area contributed by atoms with Gasteiger partial charge in [-0.25, -0.2) is 0 Å². The van der Waals surface area contributed by atoms with Crippen LogP contribution in [0.4, 0.5) is 32.0 Å². The number of anilines is 1. The van der Waals surface area contributed by atoms with Crippen LogP contribution in [0.5, 0.6) is 0 Å². The Balaban J connectivity index is 1.76. The second-order valence-corrected chi connectivity index (χ2v) is 9.04. The second-order valence-electron chi connectivity index (χ2n) is 9.04. The summed E-state index contributed by atoms with van der Waals surface area (Å²) in [6.07, 6.45) is -7.23. The second kappa shape index (κ2) is 7.54. The predicted molar refractivity (Wildman–Crippen MR) is 118 cm³/mol. The summed E-state index contributed by atoms with van der Waals surface area (Å²) in [4.78, 5) is 21.6. The van der Waals surface area contributed by atoms with Crippen molar-refractivity contribution >= 4 is 33.5 Å². The van der Waals surface area contributed by atoms with Crippen LogP contribution in [0, 0.1) is 5.92 Å². The lowest BCUT2D eigenvalue weighted by molar-refractivity contribution is -0.143. The van der Waals surface area contributed by atoms with Gasteiger partial charge in [0, 0.05) is 29.1 Å². The maximum absolute atomic E-state index is 13.7. The van der Waals surface area contributed by atoms with Crippen LogP contribution in [-0.4, -0.2) is 33.4 Å². The van der Waals surface area contributed by atoms with E-state index in [0.717, 1.165) is 0 Å². The average Bonchev–Trinajstić information content (AvgIpc) is 3.15. The van der Waals surface area contributed by atoms with Gasteiger partial charge in [0.2, 0.25) is 0 Å². The van der Waals surface area contributed by atoms with Gasteiger partial charge in [0.05, 0.1) is 27.8 Å². The molecule has 2 aromatic heterocycles. The van der Waals surface area contributed by atoms with E-state index in [-0.39, 0.29) is 17.3 Å². The standard InChI is InChI=1S/C25H15F6N3O3/c26-24(27,28)12-7-11(8-13(9-12)25(29,30)31)16-17-14-3-1-5-32-20(14)21-15(4-2-6-33-21)19(17)34-23(36)10-37-22(35)18(16)23/h1-9,16,18,34,36H,10H2/t16-,18+,23-/m1/s1. The summed E-state index contributed by atoms with van der Waals surface area (Å²) in [7, 11) is 0. The molecule has 0 unspecified atom stereocenters. The van der Waals surface area contributed by atoms with Crippen LogP contribution in [0.25, 0.3) is 21.8 Å². The molecule has 2 aliphatic rings. The first-order chi connectivity index (χ1) is 17.4. The van der Waals surface area contributed by atoms with Gasteiger partial charge < -0.3 is 15.2 Å². The number of carbonyl (C=O) groups is 1. The summed E-state index contributed by atoms with van der Waals surface area (Å²) in [6.45, 7) is -0.551. The molecule has 0 amide bonds. The molecule has 0 aliphatic carbocycles. The lowest BCUT2D eigenvalue weighted by Gasteiger charge is -2.41. The Bertz CT molecular complexity index is 1570. The van der Waals surface area contributed by atoms with Crippen molar-refractivity contribution in [3.63, 3.8) is 0 Å². The molecule has 190 valence electrons. The van der Waals surface area contributed by atoms with Crippen LogP contribution in [0.2, 0.25) is 0 Å². The summed E-state index contributed by atoms with van der Waals surface area (Å²) in [5.74, 6) is -3.93. The van der Waals surface area contributed by atoms with E-state index >= 15 is 0 Å². The molecular formula is C25H15F6N3O3. The highest BCUT2D eigenvalue weighted by molar-refractivity contribution is 6.13. The van der Waals surface area contributed by atoms with E-state index in [0.29, 0.717) is 33.9 Å². The van der Waals surface area contributed by atoms with E-state index in [1.54, 1.807) is 24.3 Å². The van der Waals surface area contributed by atoms with Gasteiger partial charge in [-0.05, 0) is 47.5 Å². The molecule has 6 rings (SSSR count). The first-order valence-electron chi connectivity index (χ1n) is 11.0. The fourth-order valence-corrected chi connectivity index (χ4v) is 5.33. The van der Waals surface area contributed by atoms with Gasteiger partial charge in [-0.2, -0.15) is 26.3 Å². The van der Waals surface area contributed by atoms with Crippen molar-refractivity contribution in [2.75, 3.05) is 11.9 Å². The van der Waals surface area contributed by atoms with E-state index in [9.17, 15) is 36.2 Å². The number of ether oxygens (including phenoxy) is 1. The Labute approximate surface area is 203 Å². The molecule has 0 radical (unpaired) electrons. The number of halogens is 6. The number of hydrogen-bond acceptors (Lipinski definition) is 6. The Morgan fingerprint density at radius 3 is 2.08 bits per heavy atom. The highest BCUT2D eigenvalue weighted by Gasteiger charge is 2.58. The monoisotopic (exact) mass is 519 g/mol. The number of carbonyl (C=O) groups excluding carboxylic acids is 1. The minimum Gasteiger partial charge on any atom is -0.460 e. The smallest absolute Gasteiger partial charge is 0.416 e. The number of rotatable bonds is 1. The van der Waals surface area contributed by atoms with Gasteiger partial charge in [-0.1, -0.05) is 6.07 Å². The van der Waals surface area contributed by atoms with Crippen LogP contribution in [0.3, 0.4) is 0 Å². The Hall–Kier alpha value is -3.93. The van der Waals surface area contributed by atoms with Crippen molar-refractivity contribution < 1.29 is 41.0 Å². The number of hydrogen-bond donors (Lipinski definition) is 2. The maximum atomic E-state index is 13.7. The molecule has 2 N–H and O–H groups in total. The van der Waals surface area contributed by atoms with Gasteiger partial charge in [-0.3, -0.25) is 14.8 Å². The third-order valence-corrected chi connectivity index (χ3v) is 6.83. The van der Waals surface area contributed by atoms with Crippen molar-refractivity contribution in [1.82, 2.24) is 9.97 Å². The Morgan fingerprint density at radius 1 is 0.919 bits per heavy atom. The van der Waals surface area contributed by atoms with Crippen molar-refractivity contribution in [3.05, 3.63) is 77.1 Å². The molecule has 0 spiro atoms. The molecule has 1 saturated heterocycles. The van der Waals surface area contributed by atoms with E-state index in [4.69, 9.17) is 4.74 Å². The average molecular weight is 519 g/mol. The number of esters is 1. The van der Waals surface area contributed by atoms with Gasteiger partial charge in [0.1, 0.15) is 12.5 Å². The van der Waals surface area contributed by atoms with E-state index in [1.165, 1.54) is 12.4 Å². The maximum Gasteiger partial charge on any atom is 0.416 e. The molecule has 4 aromatic rings. The van der Waals surface area contributed by atoms with Crippen LogP contribution in [0.15, 0.2) is 54.9 Å². The summed E-state index contributed by atoms with van der Waals surface area (Å²) in [5.41, 5.74) is -4.44. The first-order valence-corrected chi connectivity index (χ1v) is 11.0. The molecule has 1 fully saturated rings. The number of aliphatic hydroxyl groups is 1. The highest BCUT2D eigenvalue weighted by Crippen LogP contribution is 2.54. The summed E-state index contributed by atoms with van der Waals surface area (Å²) >= 11 is 0. The van der Waals surface area contributed by atoms with Crippen LogP contribution in [0.1, 0.15) is 28.2 Å². The molecule has 0 bridgehead atoms. The van der Waals surface area contributed by atoms with E-state index in [1.807, 2.05) is 0 Å². The van der Waals surface area contributed by atoms with E-state index < -0.39 is 59.2 Å². The first kappa shape index (κ1) is 23.5. The number of aromatic nitrogens is 2. The SMILES string of the molecule is O=C1OC[C@]2(O)Nc3c(c4cccnc4c4ncccc34)[C@@H](c3cc(C(F)(F)F)cc(C(F)(F)F)c3)[C@@H]12. The normalized spacial score (nSPS) is 23.5. The minimum absolute atomic E-state index is 0.0224. The molecule has 6 nitrogen and oxygen atoms in total. The number of nitrogens with one attached hydrogen (secondary N) is 1. The number of pyridine rings is 2. The van der Waals surface area contributed by atoms with Crippen molar-refractivity contribution in [2.45, 2.75) is 24.0 Å². The molecule has 3 atom stereocenters. The zero-order chi connectivity index (χ0) is 26.3. The molecule has 4 heterocycles. The van der Waals surface area contributed by atoms with Crippen molar-refractivity contribution in [3.8, 4) is 0 Å². The van der Waals surface area contributed by atoms with Gasteiger partial charge in [0.15, 0.2) is 5.72 Å². The highest BCUT2D eigenvalue weighted by atomic mass is 19.4. The predicted octanol–water partition coefficient (Wildman–Crippen LogP) is 5.24.